The van der Waals surface area contributed by atoms with E-state index in [1.54, 1.807) is 6.33 Å². The summed E-state index contributed by atoms with van der Waals surface area (Å²) in [5, 5.41) is 10.8. The molecule has 1 N–H and O–H groups in total. The second-order valence-electron chi connectivity index (χ2n) is 4.93. The summed E-state index contributed by atoms with van der Waals surface area (Å²) >= 11 is 0. The fraction of sp³-hybridized carbons (Fsp3) is 0.267. The first-order chi connectivity index (χ1) is 9.74. The molecule has 1 heterocycles. The lowest BCUT2D eigenvalue weighted by Crippen LogP contribution is -2.20. The monoisotopic (exact) mass is 268 g/mol. The van der Waals surface area contributed by atoms with E-state index in [-0.39, 0.29) is 11.8 Å². The third kappa shape index (κ3) is 2.47. The van der Waals surface area contributed by atoms with Crippen molar-refractivity contribution in [2.24, 2.45) is 5.92 Å². The van der Waals surface area contributed by atoms with Crippen LogP contribution in [0, 0.1) is 12.8 Å². The van der Waals surface area contributed by atoms with Crippen LogP contribution < -0.4 is 5.32 Å². The minimum atomic E-state index is 0.0651. The quantitative estimate of drug-likeness (QED) is 0.870. The molecule has 1 aliphatic carbocycles. The Morgan fingerprint density at radius 2 is 2.15 bits per heavy atom. The molecule has 2 aromatic rings. The molecule has 1 aromatic heterocycles. The van der Waals surface area contributed by atoms with Gasteiger partial charge in [-0.3, -0.25) is 9.36 Å². The second-order valence-corrected chi connectivity index (χ2v) is 4.93. The highest BCUT2D eigenvalue weighted by Gasteiger charge is 2.19. The number of amides is 1. The zero-order valence-corrected chi connectivity index (χ0v) is 11.3. The molecule has 0 unspecified atom stereocenters. The van der Waals surface area contributed by atoms with Gasteiger partial charge in [0.15, 0.2) is 0 Å². The number of carbonyl (C=O) groups is 1. The molecule has 0 spiro atoms. The summed E-state index contributed by atoms with van der Waals surface area (Å²) in [5.74, 6) is 0.955. The van der Waals surface area contributed by atoms with E-state index in [0.29, 0.717) is 0 Å². The molecule has 0 radical (unpaired) electrons. The van der Waals surface area contributed by atoms with Crippen LogP contribution in [0.15, 0.2) is 42.7 Å². The molecule has 0 fully saturated rings. The number of carbonyl (C=O) groups excluding carboxylic acids is 1. The van der Waals surface area contributed by atoms with E-state index in [1.165, 1.54) is 0 Å². The Hall–Kier alpha value is -2.43. The van der Waals surface area contributed by atoms with Gasteiger partial charge in [0.25, 0.3) is 0 Å². The first-order valence-corrected chi connectivity index (χ1v) is 6.67. The number of hydrogen-bond acceptors (Lipinski definition) is 3. The number of benzene rings is 1. The van der Waals surface area contributed by atoms with Crippen molar-refractivity contribution in [3.8, 4) is 5.69 Å². The first-order valence-electron chi connectivity index (χ1n) is 6.67. The summed E-state index contributed by atoms with van der Waals surface area (Å²) in [5.41, 5.74) is 1.74. The molecule has 0 aliphatic heterocycles. The van der Waals surface area contributed by atoms with Gasteiger partial charge in [0, 0.05) is 11.6 Å². The topological polar surface area (TPSA) is 59.8 Å². The van der Waals surface area contributed by atoms with E-state index < -0.39 is 0 Å². The van der Waals surface area contributed by atoms with Crippen LogP contribution in [0.2, 0.25) is 0 Å². The van der Waals surface area contributed by atoms with E-state index >= 15 is 0 Å². The molecular formula is C15H16N4O. The molecule has 102 valence electrons. The minimum absolute atomic E-state index is 0.0651. The Labute approximate surface area is 117 Å². The van der Waals surface area contributed by atoms with Crippen LogP contribution in [0.25, 0.3) is 5.69 Å². The maximum absolute atomic E-state index is 12.1. The van der Waals surface area contributed by atoms with E-state index in [1.807, 2.05) is 35.8 Å². The molecule has 20 heavy (non-hydrogen) atoms. The molecule has 1 aromatic carbocycles. The van der Waals surface area contributed by atoms with Crippen LogP contribution in [-0.4, -0.2) is 20.7 Å². The number of anilines is 1. The van der Waals surface area contributed by atoms with Crippen molar-refractivity contribution in [2.75, 3.05) is 5.32 Å². The van der Waals surface area contributed by atoms with Gasteiger partial charge in [-0.1, -0.05) is 18.2 Å². The van der Waals surface area contributed by atoms with Crippen LogP contribution in [0.5, 0.6) is 0 Å². The van der Waals surface area contributed by atoms with Crippen molar-refractivity contribution in [1.82, 2.24) is 14.8 Å². The third-order valence-electron chi connectivity index (χ3n) is 3.49. The first kappa shape index (κ1) is 12.6. The van der Waals surface area contributed by atoms with Crippen molar-refractivity contribution in [2.45, 2.75) is 19.8 Å². The van der Waals surface area contributed by atoms with Crippen molar-refractivity contribution >= 4 is 11.6 Å². The molecule has 3 rings (SSSR count). The van der Waals surface area contributed by atoms with Crippen LogP contribution in [-0.2, 0) is 4.79 Å². The smallest absolute Gasteiger partial charge is 0.228 e. The van der Waals surface area contributed by atoms with Crippen LogP contribution in [0.1, 0.15) is 18.7 Å². The van der Waals surface area contributed by atoms with Gasteiger partial charge in [0.2, 0.25) is 5.91 Å². The highest BCUT2D eigenvalue weighted by molar-refractivity contribution is 5.93. The lowest BCUT2D eigenvalue weighted by atomic mass is 10.1. The summed E-state index contributed by atoms with van der Waals surface area (Å²) < 4.78 is 1.88. The van der Waals surface area contributed by atoms with Gasteiger partial charge in [-0.05, 0) is 38.0 Å². The average Bonchev–Trinajstić information content (AvgIpc) is 3.10. The molecule has 0 bridgehead atoms. The van der Waals surface area contributed by atoms with E-state index in [9.17, 15) is 4.79 Å². The fourth-order valence-electron chi connectivity index (χ4n) is 2.36. The van der Waals surface area contributed by atoms with E-state index in [0.717, 1.165) is 30.0 Å². The SMILES string of the molecule is Cc1nncn1-c1cccc(NC(=O)C2CC=CC2)c1. The highest BCUT2D eigenvalue weighted by Crippen LogP contribution is 2.21. The average molecular weight is 268 g/mol. The summed E-state index contributed by atoms with van der Waals surface area (Å²) in [6.07, 6.45) is 7.44. The lowest BCUT2D eigenvalue weighted by molar-refractivity contribution is -0.119. The molecular weight excluding hydrogens is 252 g/mol. The zero-order valence-electron chi connectivity index (χ0n) is 11.3. The Morgan fingerprint density at radius 3 is 2.85 bits per heavy atom. The molecule has 0 saturated carbocycles. The number of allylic oxidation sites excluding steroid dienone is 2. The van der Waals surface area contributed by atoms with Gasteiger partial charge in [-0.2, -0.15) is 0 Å². The summed E-state index contributed by atoms with van der Waals surface area (Å²) in [6, 6.07) is 7.69. The van der Waals surface area contributed by atoms with Gasteiger partial charge in [0.05, 0.1) is 5.69 Å². The second kappa shape index (κ2) is 5.28. The van der Waals surface area contributed by atoms with Crippen LogP contribution in [0.3, 0.4) is 0 Å². The van der Waals surface area contributed by atoms with Gasteiger partial charge in [-0.15, -0.1) is 10.2 Å². The molecule has 0 atom stereocenters. The van der Waals surface area contributed by atoms with Crippen molar-refractivity contribution in [3.63, 3.8) is 0 Å². The number of nitrogens with zero attached hydrogens (tertiary/aromatic N) is 3. The zero-order chi connectivity index (χ0) is 13.9. The number of aryl methyl sites for hydroxylation is 1. The Bertz CT molecular complexity index is 651. The molecule has 5 nitrogen and oxygen atoms in total. The largest absolute Gasteiger partial charge is 0.326 e. The summed E-state index contributed by atoms with van der Waals surface area (Å²) in [7, 11) is 0. The Morgan fingerprint density at radius 1 is 1.35 bits per heavy atom. The Balaban J connectivity index is 1.78. The van der Waals surface area contributed by atoms with E-state index in [4.69, 9.17) is 0 Å². The standard InChI is InChI=1S/C15H16N4O/c1-11-18-16-10-19(11)14-8-4-7-13(9-14)17-15(20)12-5-2-3-6-12/h2-4,7-10,12H,5-6H2,1H3,(H,17,20). The number of hydrogen-bond donors (Lipinski definition) is 1. The van der Waals surface area contributed by atoms with Gasteiger partial charge in [0.1, 0.15) is 12.2 Å². The van der Waals surface area contributed by atoms with Gasteiger partial charge >= 0.3 is 0 Å². The highest BCUT2D eigenvalue weighted by atomic mass is 16.1. The van der Waals surface area contributed by atoms with Gasteiger partial charge in [-0.25, -0.2) is 0 Å². The van der Waals surface area contributed by atoms with Crippen LogP contribution in [0.4, 0.5) is 5.69 Å². The maximum atomic E-state index is 12.1. The fourth-order valence-corrected chi connectivity index (χ4v) is 2.36. The maximum Gasteiger partial charge on any atom is 0.228 e. The molecule has 1 amide bonds. The lowest BCUT2D eigenvalue weighted by Gasteiger charge is -2.12. The Kier molecular flexibility index (Phi) is 3.33. The summed E-state index contributed by atoms with van der Waals surface area (Å²) in [4.78, 5) is 12.1. The number of nitrogens with one attached hydrogen (secondary N) is 1. The van der Waals surface area contributed by atoms with Crippen LogP contribution >= 0.6 is 0 Å². The molecule has 0 saturated heterocycles. The normalized spacial score (nSPS) is 14.7. The number of rotatable bonds is 3. The third-order valence-corrected chi connectivity index (χ3v) is 3.49. The van der Waals surface area contributed by atoms with Crippen molar-refractivity contribution in [1.29, 1.82) is 0 Å². The minimum Gasteiger partial charge on any atom is -0.326 e. The molecule has 1 aliphatic rings. The predicted molar refractivity (Wildman–Crippen MR) is 76.6 cm³/mol. The van der Waals surface area contributed by atoms with Gasteiger partial charge < -0.3 is 5.32 Å². The number of aromatic nitrogens is 3. The predicted octanol–water partition coefficient (Wildman–Crippen LogP) is 2.48. The van der Waals surface area contributed by atoms with Crippen molar-refractivity contribution < 1.29 is 4.79 Å². The summed E-state index contributed by atoms with van der Waals surface area (Å²) in [6.45, 7) is 1.89. The van der Waals surface area contributed by atoms with Crippen molar-refractivity contribution in [3.05, 3.63) is 48.6 Å². The van der Waals surface area contributed by atoms with E-state index in [2.05, 4.69) is 27.7 Å². The molecule has 5 heteroatoms.